The molecule has 0 amide bonds. The SMILES string of the molecule is CCCCCCCCCC(=O)[O-].CCCCCCCCCCCCCCCCCC(=O)[O-].[Ba+2]. The second-order valence-corrected chi connectivity index (χ2v) is 9.32. The van der Waals surface area contributed by atoms with E-state index >= 15 is 0 Å². The molecule has 0 saturated heterocycles. The van der Waals surface area contributed by atoms with Crippen molar-refractivity contribution in [3.8, 4) is 0 Å². The van der Waals surface area contributed by atoms with Gasteiger partial charge in [-0.1, -0.05) is 142 Å². The van der Waals surface area contributed by atoms with Crippen molar-refractivity contribution in [3.63, 3.8) is 0 Å². The van der Waals surface area contributed by atoms with Gasteiger partial charge in [0.1, 0.15) is 0 Å². The van der Waals surface area contributed by atoms with E-state index in [1.54, 1.807) is 0 Å². The van der Waals surface area contributed by atoms with E-state index in [-0.39, 0.29) is 61.7 Å². The molecule has 0 unspecified atom stereocenters. The number of carboxylic acid groups (broad SMARTS) is 2. The van der Waals surface area contributed by atoms with Gasteiger partial charge in [-0.3, -0.25) is 0 Å². The summed E-state index contributed by atoms with van der Waals surface area (Å²) in [5.41, 5.74) is 0. The molecular formula is C28H54BaO4. The molecule has 0 aromatic carbocycles. The molecule has 0 aliphatic heterocycles. The Kier molecular flexibility index (Phi) is 40.0. The van der Waals surface area contributed by atoms with Crippen LogP contribution in [0.2, 0.25) is 0 Å². The van der Waals surface area contributed by atoms with E-state index in [0.29, 0.717) is 0 Å². The van der Waals surface area contributed by atoms with Crippen molar-refractivity contribution in [2.24, 2.45) is 0 Å². The second kappa shape index (κ2) is 34.7. The predicted octanol–water partition coefficient (Wildman–Crippen LogP) is 6.49. The summed E-state index contributed by atoms with van der Waals surface area (Å²) in [6, 6.07) is 0. The third kappa shape index (κ3) is 43.1. The van der Waals surface area contributed by atoms with Gasteiger partial charge in [0.05, 0.1) is 0 Å². The van der Waals surface area contributed by atoms with Gasteiger partial charge >= 0.3 is 48.9 Å². The summed E-state index contributed by atoms with van der Waals surface area (Å²) < 4.78 is 0. The van der Waals surface area contributed by atoms with Crippen LogP contribution in [0.5, 0.6) is 0 Å². The van der Waals surface area contributed by atoms with Gasteiger partial charge in [0.15, 0.2) is 0 Å². The minimum Gasteiger partial charge on any atom is -0.550 e. The molecule has 0 aromatic heterocycles. The maximum absolute atomic E-state index is 10.2. The number of carbonyl (C=O) groups excluding carboxylic acids is 2. The molecule has 0 atom stereocenters. The number of carbonyl (C=O) groups is 2. The van der Waals surface area contributed by atoms with E-state index in [1.807, 2.05) is 0 Å². The van der Waals surface area contributed by atoms with E-state index in [4.69, 9.17) is 0 Å². The molecule has 0 N–H and O–H groups in total. The van der Waals surface area contributed by atoms with E-state index in [9.17, 15) is 19.8 Å². The van der Waals surface area contributed by atoms with Crippen molar-refractivity contribution in [2.75, 3.05) is 0 Å². The first-order valence-corrected chi connectivity index (χ1v) is 13.9. The summed E-state index contributed by atoms with van der Waals surface area (Å²) in [5, 5.41) is 20.2. The predicted molar refractivity (Wildman–Crippen MR) is 138 cm³/mol. The van der Waals surface area contributed by atoms with Gasteiger partial charge in [0, 0.05) is 11.9 Å². The van der Waals surface area contributed by atoms with Gasteiger partial charge in [-0.2, -0.15) is 0 Å². The number of hydrogen-bond acceptors (Lipinski definition) is 4. The average Bonchev–Trinajstić information content (AvgIpc) is 2.76. The summed E-state index contributed by atoms with van der Waals surface area (Å²) in [7, 11) is 0. The van der Waals surface area contributed by atoms with Gasteiger partial charge in [-0.15, -0.1) is 0 Å². The minimum absolute atomic E-state index is 0. The third-order valence-corrected chi connectivity index (χ3v) is 5.97. The van der Waals surface area contributed by atoms with Crippen molar-refractivity contribution >= 4 is 60.8 Å². The van der Waals surface area contributed by atoms with E-state index in [0.717, 1.165) is 25.7 Å². The molecule has 0 rings (SSSR count). The van der Waals surface area contributed by atoms with Gasteiger partial charge in [-0.05, 0) is 25.7 Å². The summed E-state index contributed by atoms with van der Waals surface area (Å²) in [6.45, 7) is 4.46. The summed E-state index contributed by atoms with van der Waals surface area (Å²) in [5.74, 6) is -1.82. The fourth-order valence-corrected chi connectivity index (χ4v) is 3.87. The fraction of sp³-hybridized carbons (Fsp3) is 0.929. The van der Waals surface area contributed by atoms with Crippen molar-refractivity contribution in [2.45, 2.75) is 168 Å². The van der Waals surface area contributed by atoms with Crippen LogP contribution in [0.1, 0.15) is 168 Å². The van der Waals surface area contributed by atoms with Crippen LogP contribution in [0.25, 0.3) is 0 Å². The molecule has 0 heterocycles. The number of aliphatic carboxylic acids is 2. The molecule has 0 radical (unpaired) electrons. The standard InChI is InChI=1S/C18H36O2.C10H20O2.Ba/c1-2-3-4-5-6-7-8-9-10-11-12-13-14-15-16-17-18(19)20;1-2-3-4-5-6-7-8-9-10(11)12;/h2-17H2,1H3,(H,19,20);2-9H2,1H3,(H,11,12);/q;;+2/p-2. The summed E-state index contributed by atoms with van der Waals surface area (Å²) >= 11 is 0. The Balaban J connectivity index is -0.000000596. The Morgan fingerprint density at radius 1 is 0.394 bits per heavy atom. The normalized spacial score (nSPS) is 10.2. The number of carboxylic acids is 2. The number of unbranched alkanes of at least 4 members (excludes halogenated alkanes) is 20. The zero-order valence-corrected chi connectivity index (χ0v) is 26.8. The molecule has 0 aliphatic carbocycles. The first-order valence-electron chi connectivity index (χ1n) is 13.9. The maximum atomic E-state index is 10.2. The number of hydrogen-bond donors (Lipinski definition) is 0. The van der Waals surface area contributed by atoms with Crippen LogP contribution in [0.3, 0.4) is 0 Å². The molecule has 4 nitrogen and oxygen atoms in total. The first-order chi connectivity index (χ1) is 15.5. The monoisotopic (exact) mass is 592 g/mol. The van der Waals surface area contributed by atoms with Crippen LogP contribution in [0, 0.1) is 0 Å². The maximum Gasteiger partial charge on any atom is 2.00 e. The van der Waals surface area contributed by atoms with Gasteiger partial charge in [-0.25, -0.2) is 0 Å². The third-order valence-electron chi connectivity index (χ3n) is 5.97. The Hall–Kier alpha value is 0.511. The summed E-state index contributed by atoms with van der Waals surface area (Å²) in [6.07, 6.45) is 28.2. The van der Waals surface area contributed by atoms with Crippen LogP contribution in [-0.4, -0.2) is 60.8 Å². The molecule has 0 spiro atoms. The molecule has 0 bridgehead atoms. The largest absolute Gasteiger partial charge is 2.00 e. The van der Waals surface area contributed by atoms with Crippen LogP contribution in [0.4, 0.5) is 0 Å². The van der Waals surface area contributed by atoms with Crippen molar-refractivity contribution in [3.05, 3.63) is 0 Å². The smallest absolute Gasteiger partial charge is 0.550 e. The van der Waals surface area contributed by atoms with Gasteiger partial charge < -0.3 is 19.8 Å². The van der Waals surface area contributed by atoms with Crippen LogP contribution in [-0.2, 0) is 9.59 Å². The Labute approximate surface area is 246 Å². The topological polar surface area (TPSA) is 80.3 Å². The fourth-order valence-electron chi connectivity index (χ4n) is 3.87. The van der Waals surface area contributed by atoms with Crippen molar-refractivity contribution in [1.29, 1.82) is 0 Å². The van der Waals surface area contributed by atoms with Gasteiger partial charge in [0.2, 0.25) is 0 Å². The molecule has 0 aromatic rings. The Bertz CT molecular complexity index is 388. The summed E-state index contributed by atoms with van der Waals surface area (Å²) in [4.78, 5) is 20.2. The van der Waals surface area contributed by atoms with E-state index in [1.165, 1.54) is 116 Å². The Morgan fingerprint density at radius 2 is 0.576 bits per heavy atom. The molecule has 5 heteroatoms. The molecular weight excluding hydrogens is 538 g/mol. The molecule has 0 aliphatic rings. The molecule has 0 fully saturated rings. The second-order valence-electron chi connectivity index (χ2n) is 9.32. The zero-order chi connectivity index (χ0) is 24.1. The van der Waals surface area contributed by atoms with Crippen molar-refractivity contribution < 1.29 is 19.8 Å². The number of rotatable bonds is 24. The van der Waals surface area contributed by atoms with Crippen LogP contribution in [0.15, 0.2) is 0 Å². The van der Waals surface area contributed by atoms with E-state index in [2.05, 4.69) is 13.8 Å². The first kappa shape index (κ1) is 38.0. The Morgan fingerprint density at radius 3 is 0.758 bits per heavy atom. The molecule has 192 valence electrons. The average molecular weight is 592 g/mol. The van der Waals surface area contributed by atoms with Crippen LogP contribution >= 0.6 is 0 Å². The molecule has 33 heavy (non-hydrogen) atoms. The van der Waals surface area contributed by atoms with Crippen molar-refractivity contribution in [1.82, 2.24) is 0 Å². The van der Waals surface area contributed by atoms with Gasteiger partial charge in [0.25, 0.3) is 0 Å². The quantitative estimate of drug-likeness (QED) is 0.0949. The zero-order valence-electron chi connectivity index (χ0n) is 22.3. The van der Waals surface area contributed by atoms with Crippen LogP contribution < -0.4 is 10.2 Å². The minimum atomic E-state index is -0.913. The molecule has 0 saturated carbocycles. The van der Waals surface area contributed by atoms with E-state index < -0.39 is 11.9 Å².